The predicted molar refractivity (Wildman–Crippen MR) is 124 cm³/mol. The summed E-state index contributed by atoms with van der Waals surface area (Å²) < 4.78 is 10.4. The van der Waals surface area contributed by atoms with Crippen LogP contribution in [-0.4, -0.2) is 42.5 Å². The van der Waals surface area contributed by atoms with Gasteiger partial charge in [0.1, 0.15) is 9.81 Å². The Morgan fingerprint density at radius 1 is 1.03 bits per heavy atom. The highest BCUT2D eigenvalue weighted by Crippen LogP contribution is 2.56. The zero-order valence-corrected chi connectivity index (χ0v) is 19.9. The molecule has 0 atom stereocenters. The highest BCUT2D eigenvalue weighted by atomic mass is 32.2. The van der Waals surface area contributed by atoms with Crippen molar-refractivity contribution in [2.24, 2.45) is 0 Å². The molecule has 0 N–H and O–H groups in total. The van der Waals surface area contributed by atoms with E-state index in [9.17, 15) is 14.4 Å². The van der Waals surface area contributed by atoms with Crippen LogP contribution in [0.25, 0.3) is 5.57 Å². The number of thiocarbonyl (C=S) groups is 1. The minimum Gasteiger partial charge on any atom is -0.465 e. The van der Waals surface area contributed by atoms with E-state index in [-0.39, 0.29) is 15.7 Å². The molecule has 6 nitrogen and oxygen atoms in total. The van der Waals surface area contributed by atoms with Crippen molar-refractivity contribution in [2.45, 2.75) is 33.2 Å². The molecule has 0 fully saturated rings. The van der Waals surface area contributed by atoms with Gasteiger partial charge in [0.05, 0.1) is 34.5 Å². The van der Waals surface area contributed by atoms with Gasteiger partial charge in [-0.05, 0) is 32.9 Å². The monoisotopic (exact) mass is 463 g/mol. The SMILES string of the molecule is COC(=O)C1=C(C(=O)OC)SC(=C2C(=S)C(C)(C)N(C(C)=O)c3ccc(C)cc32)S1. The summed E-state index contributed by atoms with van der Waals surface area (Å²) >= 11 is 8.13. The lowest BCUT2D eigenvalue weighted by atomic mass is 9.83. The van der Waals surface area contributed by atoms with Crippen LogP contribution in [0, 0.1) is 6.92 Å². The number of hydrogen-bond donors (Lipinski definition) is 0. The second-order valence-electron chi connectivity index (χ2n) is 7.27. The number of methoxy groups -OCH3 is 2. The zero-order chi connectivity index (χ0) is 22.4. The summed E-state index contributed by atoms with van der Waals surface area (Å²) in [7, 11) is 2.52. The Bertz CT molecular complexity index is 1020. The third-order valence-electron chi connectivity index (χ3n) is 4.86. The predicted octanol–water partition coefficient (Wildman–Crippen LogP) is 4.22. The number of amides is 1. The van der Waals surface area contributed by atoms with Crippen LogP contribution >= 0.6 is 35.7 Å². The van der Waals surface area contributed by atoms with E-state index >= 15 is 0 Å². The molecule has 0 saturated heterocycles. The maximum atomic E-state index is 12.5. The van der Waals surface area contributed by atoms with Gasteiger partial charge in [-0.2, -0.15) is 0 Å². The molecule has 1 amide bonds. The van der Waals surface area contributed by atoms with Gasteiger partial charge >= 0.3 is 11.9 Å². The van der Waals surface area contributed by atoms with Gasteiger partial charge in [0, 0.05) is 18.1 Å². The van der Waals surface area contributed by atoms with Crippen LogP contribution in [0.2, 0.25) is 0 Å². The molecule has 30 heavy (non-hydrogen) atoms. The molecule has 158 valence electrons. The van der Waals surface area contributed by atoms with Crippen LogP contribution in [0.15, 0.2) is 32.2 Å². The Hall–Kier alpha value is -2.10. The Morgan fingerprint density at radius 3 is 2.03 bits per heavy atom. The van der Waals surface area contributed by atoms with E-state index in [0.717, 1.165) is 45.9 Å². The average molecular weight is 464 g/mol. The van der Waals surface area contributed by atoms with Crippen LogP contribution in [0.5, 0.6) is 0 Å². The van der Waals surface area contributed by atoms with Crippen LogP contribution in [0.3, 0.4) is 0 Å². The summed E-state index contributed by atoms with van der Waals surface area (Å²) in [6.07, 6.45) is 0. The first-order valence-corrected chi connectivity index (χ1v) is 11.1. The summed E-state index contributed by atoms with van der Waals surface area (Å²) in [5.74, 6) is -1.34. The minimum absolute atomic E-state index is 0.119. The number of anilines is 1. The number of thioether (sulfide) groups is 2. The standard InChI is InChI=1S/C21H21NO5S3/c1-10-7-8-13-12(9-10)14(17(28)21(3,4)22(13)11(2)23)20-29-15(18(24)26-5)16(30-20)19(25)27-6/h7-9H,1-6H3. The maximum absolute atomic E-state index is 12.5. The van der Waals surface area contributed by atoms with Gasteiger partial charge < -0.3 is 14.4 Å². The molecule has 9 heteroatoms. The molecule has 0 aliphatic carbocycles. The smallest absolute Gasteiger partial charge is 0.346 e. The fourth-order valence-corrected chi connectivity index (χ4v) is 6.53. The Morgan fingerprint density at radius 2 is 1.57 bits per heavy atom. The van der Waals surface area contributed by atoms with E-state index in [4.69, 9.17) is 21.7 Å². The van der Waals surface area contributed by atoms with Gasteiger partial charge in [-0.15, -0.1) is 0 Å². The number of ether oxygens (including phenoxy) is 2. The second-order valence-corrected chi connectivity index (χ2v) is 9.98. The summed E-state index contributed by atoms with van der Waals surface area (Å²) in [5, 5.41) is 0. The molecule has 2 heterocycles. The Kier molecular flexibility index (Phi) is 6.18. The van der Waals surface area contributed by atoms with E-state index in [1.165, 1.54) is 21.1 Å². The summed E-state index contributed by atoms with van der Waals surface area (Å²) in [6, 6.07) is 5.80. The van der Waals surface area contributed by atoms with E-state index in [2.05, 4.69) is 0 Å². The topological polar surface area (TPSA) is 72.9 Å². The molecule has 0 aromatic heterocycles. The number of benzene rings is 1. The van der Waals surface area contributed by atoms with Gasteiger partial charge in [0.25, 0.3) is 0 Å². The number of nitrogens with zero attached hydrogens (tertiary/aromatic N) is 1. The van der Waals surface area contributed by atoms with Crippen molar-refractivity contribution >= 4 is 69.7 Å². The fourth-order valence-electron chi connectivity index (χ4n) is 3.50. The molecule has 0 unspecified atom stereocenters. The summed E-state index contributed by atoms with van der Waals surface area (Å²) in [4.78, 5) is 39.7. The third-order valence-corrected chi connectivity index (χ3v) is 8.12. The van der Waals surface area contributed by atoms with Crippen LogP contribution in [0.1, 0.15) is 31.9 Å². The van der Waals surface area contributed by atoms with E-state index < -0.39 is 17.5 Å². The molecule has 0 spiro atoms. The lowest BCUT2D eigenvalue weighted by Gasteiger charge is -2.45. The van der Waals surface area contributed by atoms with Gasteiger partial charge in [-0.1, -0.05) is 47.4 Å². The molecule has 0 bridgehead atoms. The van der Waals surface area contributed by atoms with Gasteiger partial charge in [-0.25, -0.2) is 9.59 Å². The molecule has 2 aliphatic rings. The zero-order valence-electron chi connectivity index (χ0n) is 17.4. The molecule has 0 saturated carbocycles. The lowest BCUT2D eigenvalue weighted by molar-refractivity contribution is -0.138. The number of carbonyl (C=O) groups excluding carboxylic acids is 3. The van der Waals surface area contributed by atoms with E-state index in [1.807, 2.05) is 39.0 Å². The van der Waals surface area contributed by atoms with Crippen molar-refractivity contribution in [1.82, 2.24) is 0 Å². The van der Waals surface area contributed by atoms with Gasteiger partial charge in [0.2, 0.25) is 5.91 Å². The average Bonchev–Trinajstić information content (AvgIpc) is 3.12. The quantitative estimate of drug-likeness (QED) is 0.367. The van der Waals surface area contributed by atoms with Gasteiger partial charge in [0.15, 0.2) is 0 Å². The molecule has 1 aromatic rings. The number of hydrogen-bond acceptors (Lipinski definition) is 8. The van der Waals surface area contributed by atoms with Crippen molar-refractivity contribution in [1.29, 1.82) is 0 Å². The first-order valence-electron chi connectivity index (χ1n) is 9.02. The largest absolute Gasteiger partial charge is 0.465 e. The van der Waals surface area contributed by atoms with Gasteiger partial charge in [-0.3, -0.25) is 4.79 Å². The van der Waals surface area contributed by atoms with Crippen molar-refractivity contribution in [3.8, 4) is 0 Å². The second kappa shape index (κ2) is 8.20. The van der Waals surface area contributed by atoms with Crippen LogP contribution in [-0.2, 0) is 23.9 Å². The number of esters is 2. The third kappa shape index (κ3) is 3.59. The van der Waals surface area contributed by atoms with Crippen LogP contribution < -0.4 is 4.90 Å². The highest BCUT2D eigenvalue weighted by molar-refractivity contribution is 8.29. The summed E-state index contributed by atoms with van der Waals surface area (Å²) in [5.41, 5.74) is 2.50. The van der Waals surface area contributed by atoms with Crippen molar-refractivity contribution in [3.63, 3.8) is 0 Å². The molecule has 0 radical (unpaired) electrons. The first-order chi connectivity index (χ1) is 14.0. The number of carbonyl (C=O) groups is 3. The Labute approximate surface area is 189 Å². The summed E-state index contributed by atoms with van der Waals surface area (Å²) in [6.45, 7) is 7.24. The normalized spacial score (nSPS) is 17.8. The molecule has 3 rings (SSSR count). The number of aryl methyl sites for hydroxylation is 1. The van der Waals surface area contributed by atoms with Crippen molar-refractivity contribution in [2.75, 3.05) is 19.1 Å². The number of rotatable bonds is 2. The highest BCUT2D eigenvalue weighted by Gasteiger charge is 2.45. The molecular formula is C21H21NO5S3. The fraction of sp³-hybridized carbons (Fsp3) is 0.333. The van der Waals surface area contributed by atoms with Crippen molar-refractivity contribution in [3.05, 3.63) is 43.4 Å². The number of fused-ring (bicyclic) bond motifs is 1. The molecule has 1 aromatic carbocycles. The molecule has 2 aliphatic heterocycles. The Balaban J connectivity index is 2.26. The molecular weight excluding hydrogens is 442 g/mol. The maximum Gasteiger partial charge on any atom is 0.346 e. The van der Waals surface area contributed by atoms with Crippen LogP contribution in [0.4, 0.5) is 5.69 Å². The lowest BCUT2D eigenvalue weighted by Crippen LogP contribution is -2.55. The van der Waals surface area contributed by atoms with E-state index in [1.54, 1.807) is 4.90 Å². The minimum atomic E-state index is -0.772. The first kappa shape index (κ1) is 22.6. The van der Waals surface area contributed by atoms with E-state index in [0.29, 0.717) is 9.10 Å². The van der Waals surface area contributed by atoms with Crippen molar-refractivity contribution < 1.29 is 23.9 Å².